The molecule has 0 spiro atoms. The number of methoxy groups -OCH3 is 1. The summed E-state index contributed by atoms with van der Waals surface area (Å²) in [6.45, 7) is 15.5. The molecule has 0 saturated carbocycles. The van der Waals surface area contributed by atoms with Gasteiger partial charge in [0.1, 0.15) is 5.76 Å². The van der Waals surface area contributed by atoms with Crippen molar-refractivity contribution in [2.75, 3.05) is 46.4 Å². The highest BCUT2D eigenvalue weighted by molar-refractivity contribution is 5.93. The molecule has 1 aliphatic heterocycles. The predicted molar refractivity (Wildman–Crippen MR) is 108 cm³/mol. The number of nitrogens with one attached hydrogen (secondary N) is 1. The molecular formula is C20H37N3O3. The Bertz CT molecular complexity index is 467. The van der Waals surface area contributed by atoms with Crippen molar-refractivity contribution in [3.8, 4) is 0 Å². The van der Waals surface area contributed by atoms with Gasteiger partial charge in [-0.15, -0.1) is 0 Å². The van der Waals surface area contributed by atoms with Crippen molar-refractivity contribution in [3.05, 3.63) is 36.1 Å². The van der Waals surface area contributed by atoms with Gasteiger partial charge in [-0.25, -0.2) is 0 Å². The number of carbonyl (C=O) groups is 1. The summed E-state index contributed by atoms with van der Waals surface area (Å²) in [5.74, 6) is 0.879. The van der Waals surface area contributed by atoms with Gasteiger partial charge in [-0.1, -0.05) is 18.7 Å². The maximum absolute atomic E-state index is 11.9. The standard InChI is InChI=1S/C16H28N2O3.C4H9N/c1-4-15(21-3)13(2)16(20)17-8-5-9-18-10-6-14(12-19)7-11-18;1-4(2)3-5/h4,14,19H,1,5-12H2,2-3H3,(H,17,20);1,3,5H2,2H3/b15-13-;. The first-order chi connectivity index (χ1) is 12.4. The van der Waals surface area contributed by atoms with Crippen molar-refractivity contribution < 1.29 is 14.6 Å². The molecule has 1 heterocycles. The molecule has 1 saturated heterocycles. The average molecular weight is 368 g/mol. The number of likely N-dealkylation sites (tertiary alicyclic amines) is 1. The lowest BCUT2D eigenvalue weighted by Crippen LogP contribution is -2.37. The summed E-state index contributed by atoms with van der Waals surface area (Å²) in [6, 6.07) is 0. The van der Waals surface area contributed by atoms with Gasteiger partial charge in [0.2, 0.25) is 0 Å². The zero-order valence-corrected chi connectivity index (χ0v) is 16.7. The van der Waals surface area contributed by atoms with Crippen LogP contribution in [0.4, 0.5) is 0 Å². The second-order valence-corrected chi connectivity index (χ2v) is 6.64. The highest BCUT2D eigenvalue weighted by Crippen LogP contribution is 2.16. The first-order valence-corrected chi connectivity index (χ1v) is 9.22. The lowest BCUT2D eigenvalue weighted by molar-refractivity contribution is -0.117. The number of hydrogen-bond donors (Lipinski definition) is 3. The fourth-order valence-corrected chi connectivity index (χ4v) is 2.53. The van der Waals surface area contributed by atoms with Gasteiger partial charge >= 0.3 is 0 Å². The molecule has 1 fully saturated rings. The number of aliphatic hydroxyl groups excluding tert-OH is 1. The van der Waals surface area contributed by atoms with Gasteiger partial charge in [-0.05, 0) is 64.7 Å². The summed E-state index contributed by atoms with van der Waals surface area (Å²) < 4.78 is 5.08. The van der Waals surface area contributed by atoms with E-state index in [1.54, 1.807) is 13.0 Å². The van der Waals surface area contributed by atoms with Crippen LogP contribution in [0, 0.1) is 5.92 Å². The highest BCUT2D eigenvalue weighted by Gasteiger charge is 2.17. The van der Waals surface area contributed by atoms with Crippen molar-refractivity contribution in [3.63, 3.8) is 0 Å². The molecule has 6 nitrogen and oxygen atoms in total. The van der Waals surface area contributed by atoms with Crippen LogP contribution in [0.1, 0.15) is 33.1 Å². The van der Waals surface area contributed by atoms with E-state index in [1.807, 2.05) is 6.92 Å². The molecule has 1 amide bonds. The number of nitrogens with zero attached hydrogens (tertiary/aromatic N) is 1. The highest BCUT2D eigenvalue weighted by atomic mass is 16.5. The van der Waals surface area contributed by atoms with Gasteiger partial charge in [-0.3, -0.25) is 4.79 Å². The summed E-state index contributed by atoms with van der Waals surface area (Å²) in [5.41, 5.74) is 6.66. The number of carbonyl (C=O) groups excluding carboxylic acids is 1. The maximum atomic E-state index is 11.9. The molecular weight excluding hydrogens is 330 g/mol. The minimum absolute atomic E-state index is 0.106. The van der Waals surface area contributed by atoms with Crippen LogP contribution in [0.2, 0.25) is 0 Å². The normalized spacial score (nSPS) is 16.0. The van der Waals surface area contributed by atoms with E-state index < -0.39 is 0 Å². The lowest BCUT2D eigenvalue weighted by Gasteiger charge is -2.30. The van der Waals surface area contributed by atoms with Gasteiger partial charge in [0.05, 0.1) is 12.7 Å². The lowest BCUT2D eigenvalue weighted by atomic mass is 9.98. The van der Waals surface area contributed by atoms with Crippen LogP contribution < -0.4 is 11.1 Å². The number of nitrogens with two attached hydrogens (primary N) is 1. The molecule has 0 atom stereocenters. The Labute approximate surface area is 158 Å². The Morgan fingerprint density at radius 2 is 1.96 bits per heavy atom. The molecule has 1 rings (SSSR count). The molecule has 0 aliphatic carbocycles. The molecule has 6 heteroatoms. The van der Waals surface area contributed by atoms with Crippen LogP contribution in [0.15, 0.2) is 36.1 Å². The third-order valence-corrected chi connectivity index (χ3v) is 4.37. The number of piperidine rings is 1. The van der Waals surface area contributed by atoms with Crippen LogP contribution in [0.3, 0.4) is 0 Å². The monoisotopic (exact) mass is 367 g/mol. The first kappa shape index (κ1) is 24.4. The van der Waals surface area contributed by atoms with Crippen molar-refractivity contribution in [2.45, 2.75) is 33.1 Å². The molecule has 0 aromatic heterocycles. The van der Waals surface area contributed by atoms with Crippen molar-refractivity contribution in [1.29, 1.82) is 0 Å². The largest absolute Gasteiger partial charge is 0.496 e. The predicted octanol–water partition coefficient (Wildman–Crippen LogP) is 1.82. The Kier molecular flexibility index (Phi) is 13.6. The van der Waals surface area contributed by atoms with Crippen molar-refractivity contribution in [2.24, 2.45) is 11.7 Å². The Hall–Kier alpha value is -1.63. The molecule has 0 unspecified atom stereocenters. The van der Waals surface area contributed by atoms with Crippen LogP contribution in [0.5, 0.6) is 0 Å². The van der Waals surface area contributed by atoms with E-state index in [0.717, 1.165) is 44.5 Å². The van der Waals surface area contributed by atoms with Crippen molar-refractivity contribution >= 4 is 5.91 Å². The molecule has 0 aromatic carbocycles. The minimum atomic E-state index is -0.106. The Balaban J connectivity index is 0.00000110. The molecule has 1 aliphatic rings. The first-order valence-electron chi connectivity index (χ1n) is 9.22. The fourth-order valence-electron chi connectivity index (χ4n) is 2.53. The summed E-state index contributed by atoms with van der Waals surface area (Å²) >= 11 is 0. The molecule has 0 aromatic rings. The number of hydrogen-bond acceptors (Lipinski definition) is 5. The van der Waals surface area contributed by atoms with Crippen LogP contribution >= 0.6 is 0 Å². The van der Waals surface area contributed by atoms with Crippen LogP contribution in [-0.4, -0.2) is 62.4 Å². The van der Waals surface area contributed by atoms with Crippen LogP contribution in [-0.2, 0) is 9.53 Å². The summed E-state index contributed by atoms with van der Waals surface area (Å²) in [5, 5.41) is 12.0. The van der Waals surface area contributed by atoms with Gasteiger partial charge in [-0.2, -0.15) is 0 Å². The van der Waals surface area contributed by atoms with E-state index in [9.17, 15) is 4.79 Å². The third-order valence-electron chi connectivity index (χ3n) is 4.37. The van der Waals surface area contributed by atoms with Gasteiger partial charge in [0.25, 0.3) is 5.91 Å². The third kappa shape index (κ3) is 10.4. The minimum Gasteiger partial charge on any atom is -0.496 e. The SMILES string of the molecule is C=C(C)CN.C=C/C(OC)=C(\C)C(=O)NCCCN1CCC(CO)CC1. The van der Waals surface area contributed by atoms with Gasteiger partial charge < -0.3 is 25.8 Å². The van der Waals surface area contributed by atoms with E-state index in [-0.39, 0.29) is 5.91 Å². The van der Waals surface area contributed by atoms with E-state index in [4.69, 9.17) is 15.6 Å². The molecule has 150 valence electrons. The fraction of sp³-hybridized carbons (Fsp3) is 0.650. The summed E-state index contributed by atoms with van der Waals surface area (Å²) in [7, 11) is 1.53. The van der Waals surface area contributed by atoms with Gasteiger partial charge in [0, 0.05) is 19.7 Å². The number of aliphatic hydroxyl groups is 1. The topological polar surface area (TPSA) is 87.8 Å². The quantitative estimate of drug-likeness (QED) is 0.190. The second-order valence-electron chi connectivity index (χ2n) is 6.64. The Morgan fingerprint density at radius 3 is 2.38 bits per heavy atom. The Morgan fingerprint density at radius 1 is 1.38 bits per heavy atom. The summed E-state index contributed by atoms with van der Waals surface area (Å²) in [4.78, 5) is 14.3. The number of ether oxygens (including phenoxy) is 1. The zero-order valence-electron chi connectivity index (χ0n) is 16.7. The average Bonchev–Trinajstić information content (AvgIpc) is 2.66. The molecule has 26 heavy (non-hydrogen) atoms. The summed E-state index contributed by atoms with van der Waals surface area (Å²) in [6.07, 6.45) is 4.61. The van der Waals surface area contributed by atoms with E-state index in [0.29, 0.717) is 36.9 Å². The number of amides is 1. The van der Waals surface area contributed by atoms with Gasteiger partial charge in [0.15, 0.2) is 0 Å². The van der Waals surface area contributed by atoms with E-state index in [1.165, 1.54) is 7.11 Å². The molecule has 4 N–H and O–H groups in total. The van der Waals surface area contributed by atoms with E-state index >= 15 is 0 Å². The smallest absolute Gasteiger partial charge is 0.250 e. The van der Waals surface area contributed by atoms with Crippen LogP contribution in [0.25, 0.3) is 0 Å². The van der Waals surface area contributed by atoms with Crippen molar-refractivity contribution in [1.82, 2.24) is 10.2 Å². The van der Waals surface area contributed by atoms with E-state index in [2.05, 4.69) is 23.4 Å². The molecule has 0 radical (unpaired) electrons. The zero-order chi connectivity index (χ0) is 19.9. The maximum Gasteiger partial charge on any atom is 0.250 e. The second kappa shape index (κ2) is 14.5. The molecule has 0 bridgehead atoms. The number of rotatable bonds is 9. The number of allylic oxidation sites excluding steroid dienone is 1.